The van der Waals surface area contributed by atoms with Crippen LogP contribution in [0.4, 0.5) is 0 Å². The molecule has 0 amide bonds. The molecule has 5 nitrogen and oxygen atoms in total. The van der Waals surface area contributed by atoms with Gasteiger partial charge < -0.3 is 15.3 Å². The standard InChI is InChI=1S/C22H29NO4S/c1-4-6-8-15(3)18(24)11-10-16-17-13-20(28-12-7-9-21(26)27)23-22(17,5-2)14-19(16)25/h2,10-11,15-19,24-25H,7-9,12-14H2,1,3H3,(H,26,27)/b11-10+. The maximum Gasteiger partial charge on any atom is 0.303 e. The molecule has 6 atom stereocenters. The number of nitrogens with zero attached hydrogens (tertiary/aromatic N) is 1. The summed E-state index contributed by atoms with van der Waals surface area (Å²) < 4.78 is 0. The summed E-state index contributed by atoms with van der Waals surface area (Å²) in [6, 6.07) is 0. The number of aliphatic hydroxyl groups excluding tert-OH is 2. The number of terminal acetylenes is 1. The first-order chi connectivity index (χ1) is 13.3. The summed E-state index contributed by atoms with van der Waals surface area (Å²) in [5.74, 6) is 8.38. The summed E-state index contributed by atoms with van der Waals surface area (Å²) in [6.45, 7) is 3.72. The lowest BCUT2D eigenvalue weighted by Crippen LogP contribution is -2.27. The van der Waals surface area contributed by atoms with Crippen LogP contribution in [-0.4, -0.2) is 49.8 Å². The Hall–Kier alpha value is -1.73. The number of aliphatic imine (C=N–C) groups is 1. The summed E-state index contributed by atoms with van der Waals surface area (Å²) in [6.07, 6.45) is 10.7. The van der Waals surface area contributed by atoms with E-state index in [9.17, 15) is 15.0 Å². The Morgan fingerprint density at radius 2 is 2.29 bits per heavy atom. The SMILES string of the molecule is C#CC12CC(O)C(/C=C/C(O)C(C)CC#CC)C1CC(SCCCC(=O)O)=N2. The zero-order chi connectivity index (χ0) is 20.7. The number of thioether (sulfide) groups is 1. The lowest BCUT2D eigenvalue weighted by molar-refractivity contribution is -0.137. The second kappa shape index (κ2) is 10.2. The fourth-order valence-corrected chi connectivity index (χ4v) is 4.91. The van der Waals surface area contributed by atoms with E-state index in [-0.39, 0.29) is 24.2 Å². The minimum absolute atomic E-state index is 0.00339. The molecule has 6 heteroatoms. The minimum atomic E-state index is -0.794. The maximum absolute atomic E-state index is 10.6. The van der Waals surface area contributed by atoms with Crippen molar-refractivity contribution >= 4 is 22.8 Å². The Morgan fingerprint density at radius 3 is 2.93 bits per heavy atom. The third-order valence-electron chi connectivity index (χ3n) is 5.53. The highest BCUT2D eigenvalue weighted by Gasteiger charge is 2.55. The molecule has 1 aliphatic heterocycles. The predicted octanol–water partition coefficient (Wildman–Crippen LogP) is 2.72. The van der Waals surface area contributed by atoms with Gasteiger partial charge in [0.25, 0.3) is 0 Å². The molecule has 1 fully saturated rings. The molecule has 2 rings (SSSR count). The van der Waals surface area contributed by atoms with Crippen LogP contribution in [-0.2, 0) is 4.79 Å². The van der Waals surface area contributed by atoms with Crippen LogP contribution in [0.5, 0.6) is 0 Å². The third kappa shape index (κ3) is 5.41. The number of hydrogen-bond acceptors (Lipinski definition) is 5. The second-order valence-electron chi connectivity index (χ2n) is 7.56. The molecule has 0 aromatic carbocycles. The maximum atomic E-state index is 10.6. The summed E-state index contributed by atoms with van der Waals surface area (Å²) in [7, 11) is 0. The van der Waals surface area contributed by atoms with Crippen LogP contribution < -0.4 is 0 Å². The fraction of sp³-hybridized carbons (Fsp3) is 0.636. The van der Waals surface area contributed by atoms with E-state index in [0.717, 1.165) is 5.04 Å². The van der Waals surface area contributed by atoms with Gasteiger partial charge in [-0.1, -0.05) is 25.0 Å². The first kappa shape index (κ1) is 22.6. The third-order valence-corrected chi connectivity index (χ3v) is 6.61. The van der Waals surface area contributed by atoms with Crippen molar-refractivity contribution in [2.75, 3.05) is 5.75 Å². The monoisotopic (exact) mass is 403 g/mol. The van der Waals surface area contributed by atoms with Crippen molar-refractivity contribution in [2.24, 2.45) is 22.7 Å². The van der Waals surface area contributed by atoms with Gasteiger partial charge in [-0.05, 0) is 25.0 Å². The highest BCUT2D eigenvalue weighted by Crippen LogP contribution is 2.50. The summed E-state index contributed by atoms with van der Waals surface area (Å²) in [4.78, 5) is 15.4. The molecule has 0 bridgehead atoms. The molecule has 1 aliphatic carbocycles. The molecule has 152 valence electrons. The lowest BCUT2D eigenvalue weighted by atomic mass is 9.83. The second-order valence-corrected chi connectivity index (χ2v) is 8.73. The largest absolute Gasteiger partial charge is 0.481 e. The number of carboxylic acids is 1. The van der Waals surface area contributed by atoms with Gasteiger partial charge in [-0.15, -0.1) is 30.0 Å². The summed E-state index contributed by atoms with van der Waals surface area (Å²) in [5, 5.41) is 30.6. The summed E-state index contributed by atoms with van der Waals surface area (Å²) >= 11 is 1.56. The number of rotatable bonds is 8. The van der Waals surface area contributed by atoms with Crippen molar-refractivity contribution in [1.82, 2.24) is 0 Å². The van der Waals surface area contributed by atoms with Gasteiger partial charge in [0.2, 0.25) is 0 Å². The van der Waals surface area contributed by atoms with Crippen LogP contribution in [0.1, 0.15) is 46.0 Å². The zero-order valence-electron chi connectivity index (χ0n) is 16.5. The topological polar surface area (TPSA) is 90.1 Å². The van der Waals surface area contributed by atoms with Gasteiger partial charge in [0.05, 0.1) is 17.3 Å². The number of carboxylic acid groups (broad SMARTS) is 1. The van der Waals surface area contributed by atoms with Gasteiger partial charge in [0, 0.05) is 37.5 Å². The number of fused-ring (bicyclic) bond motifs is 1. The smallest absolute Gasteiger partial charge is 0.303 e. The Morgan fingerprint density at radius 1 is 1.54 bits per heavy atom. The quantitative estimate of drug-likeness (QED) is 0.329. The van der Waals surface area contributed by atoms with Crippen molar-refractivity contribution in [1.29, 1.82) is 0 Å². The van der Waals surface area contributed by atoms with Gasteiger partial charge in [-0.3, -0.25) is 9.79 Å². The van der Waals surface area contributed by atoms with Gasteiger partial charge >= 0.3 is 5.97 Å². The molecule has 1 saturated carbocycles. The zero-order valence-corrected chi connectivity index (χ0v) is 17.3. The van der Waals surface area contributed by atoms with Gasteiger partial charge in [0.1, 0.15) is 5.54 Å². The normalized spacial score (nSPS) is 30.8. The van der Waals surface area contributed by atoms with Crippen LogP contribution in [0.3, 0.4) is 0 Å². The van der Waals surface area contributed by atoms with Crippen molar-refractivity contribution in [3.63, 3.8) is 0 Å². The van der Waals surface area contributed by atoms with Crippen LogP contribution in [0.2, 0.25) is 0 Å². The number of aliphatic carboxylic acids is 1. The van der Waals surface area contributed by atoms with E-state index in [0.29, 0.717) is 31.4 Å². The number of aliphatic hydroxyl groups is 2. The van der Waals surface area contributed by atoms with Crippen molar-refractivity contribution in [2.45, 2.75) is 63.7 Å². The average molecular weight is 404 g/mol. The van der Waals surface area contributed by atoms with Crippen LogP contribution in [0.15, 0.2) is 17.1 Å². The minimum Gasteiger partial charge on any atom is -0.481 e. The van der Waals surface area contributed by atoms with E-state index in [1.165, 1.54) is 0 Å². The number of carbonyl (C=O) groups is 1. The molecule has 0 aromatic rings. The van der Waals surface area contributed by atoms with E-state index in [2.05, 4.69) is 17.8 Å². The molecular weight excluding hydrogens is 374 g/mol. The van der Waals surface area contributed by atoms with E-state index in [1.54, 1.807) is 24.8 Å². The Balaban J connectivity index is 2.01. The first-order valence-electron chi connectivity index (χ1n) is 9.68. The van der Waals surface area contributed by atoms with E-state index in [1.807, 2.05) is 13.0 Å². The molecular formula is C22H29NO4S. The molecule has 1 heterocycles. The van der Waals surface area contributed by atoms with Crippen molar-refractivity contribution in [3.05, 3.63) is 12.2 Å². The Bertz CT molecular complexity index is 729. The van der Waals surface area contributed by atoms with Crippen molar-refractivity contribution in [3.8, 4) is 24.2 Å². The van der Waals surface area contributed by atoms with Crippen molar-refractivity contribution < 1.29 is 20.1 Å². The van der Waals surface area contributed by atoms with Crippen LogP contribution in [0.25, 0.3) is 0 Å². The van der Waals surface area contributed by atoms with E-state index in [4.69, 9.17) is 16.5 Å². The number of hydrogen-bond donors (Lipinski definition) is 3. The molecule has 0 saturated heterocycles. The van der Waals surface area contributed by atoms with E-state index < -0.39 is 23.7 Å². The first-order valence-corrected chi connectivity index (χ1v) is 10.7. The van der Waals surface area contributed by atoms with Gasteiger partial charge in [-0.25, -0.2) is 0 Å². The van der Waals surface area contributed by atoms with Gasteiger partial charge in [-0.2, -0.15) is 0 Å². The molecule has 2 aliphatic rings. The molecule has 0 radical (unpaired) electrons. The predicted molar refractivity (Wildman–Crippen MR) is 113 cm³/mol. The van der Waals surface area contributed by atoms with Gasteiger partial charge in [0.15, 0.2) is 0 Å². The van der Waals surface area contributed by atoms with Crippen LogP contribution in [0, 0.1) is 41.9 Å². The fourth-order valence-electron chi connectivity index (χ4n) is 3.86. The molecule has 0 aromatic heterocycles. The highest BCUT2D eigenvalue weighted by atomic mass is 32.2. The highest BCUT2D eigenvalue weighted by molar-refractivity contribution is 8.13. The summed E-state index contributed by atoms with van der Waals surface area (Å²) in [5.41, 5.74) is -0.701. The molecule has 6 unspecified atom stereocenters. The Labute approximate surface area is 171 Å². The molecule has 28 heavy (non-hydrogen) atoms. The van der Waals surface area contributed by atoms with E-state index >= 15 is 0 Å². The lowest BCUT2D eigenvalue weighted by Gasteiger charge is -2.22. The molecule has 3 N–H and O–H groups in total. The Kier molecular flexibility index (Phi) is 8.19. The van der Waals surface area contributed by atoms with Crippen LogP contribution >= 0.6 is 11.8 Å². The molecule has 0 spiro atoms. The average Bonchev–Trinajstić information content (AvgIpc) is 3.13.